The van der Waals surface area contributed by atoms with Crippen LogP contribution in [-0.4, -0.2) is 39.0 Å². The molecule has 0 atom stereocenters. The van der Waals surface area contributed by atoms with Crippen LogP contribution >= 0.6 is 11.5 Å². The first-order valence-corrected chi connectivity index (χ1v) is 11.5. The Balaban J connectivity index is 1.75. The van der Waals surface area contributed by atoms with Crippen molar-refractivity contribution in [1.29, 1.82) is 0 Å². The van der Waals surface area contributed by atoms with Crippen LogP contribution in [-0.2, 0) is 15.4 Å². The first kappa shape index (κ1) is 15.9. The lowest BCUT2D eigenvalue weighted by Crippen LogP contribution is -2.52. The SMILES string of the molecule is Cc1nnsc1-c1nnc(S(C)(=O)=O)n1C12CC3CC(CC(C3)C1)C2. The van der Waals surface area contributed by atoms with Crippen LogP contribution in [0.3, 0.4) is 0 Å². The van der Waals surface area contributed by atoms with Crippen LogP contribution in [0.1, 0.15) is 44.2 Å². The molecule has 0 saturated heterocycles. The molecule has 25 heavy (non-hydrogen) atoms. The summed E-state index contributed by atoms with van der Waals surface area (Å²) < 4.78 is 30.9. The highest BCUT2D eigenvalue weighted by molar-refractivity contribution is 7.90. The van der Waals surface area contributed by atoms with Crippen LogP contribution in [0.5, 0.6) is 0 Å². The van der Waals surface area contributed by atoms with Gasteiger partial charge in [0.25, 0.3) is 0 Å². The van der Waals surface area contributed by atoms with Crippen LogP contribution in [0.4, 0.5) is 0 Å². The van der Waals surface area contributed by atoms with E-state index in [1.807, 2.05) is 11.5 Å². The van der Waals surface area contributed by atoms with Gasteiger partial charge in [-0.1, -0.05) is 4.49 Å². The lowest BCUT2D eigenvalue weighted by Gasteiger charge is -2.57. The van der Waals surface area contributed by atoms with E-state index in [9.17, 15) is 8.42 Å². The van der Waals surface area contributed by atoms with Crippen molar-refractivity contribution >= 4 is 21.4 Å². The molecule has 0 N–H and O–H groups in total. The van der Waals surface area contributed by atoms with Gasteiger partial charge < -0.3 is 0 Å². The minimum absolute atomic E-state index is 0.109. The monoisotopic (exact) mass is 379 g/mol. The van der Waals surface area contributed by atoms with Gasteiger partial charge in [-0.2, -0.15) is 0 Å². The van der Waals surface area contributed by atoms with Gasteiger partial charge in [0.1, 0.15) is 4.88 Å². The summed E-state index contributed by atoms with van der Waals surface area (Å²) in [6, 6.07) is 0. The molecule has 2 aromatic heterocycles. The van der Waals surface area contributed by atoms with Crippen molar-refractivity contribution < 1.29 is 8.42 Å². The van der Waals surface area contributed by atoms with Crippen molar-refractivity contribution in [1.82, 2.24) is 24.4 Å². The first-order valence-electron chi connectivity index (χ1n) is 8.81. The molecule has 0 aliphatic heterocycles. The highest BCUT2D eigenvalue weighted by Crippen LogP contribution is 2.59. The maximum atomic E-state index is 12.5. The summed E-state index contributed by atoms with van der Waals surface area (Å²) in [6.45, 7) is 1.89. The molecular formula is C16H21N5O2S2. The molecule has 6 rings (SSSR count). The minimum Gasteiger partial charge on any atom is -0.291 e. The Labute approximate surface area is 150 Å². The summed E-state index contributed by atoms with van der Waals surface area (Å²) in [5.74, 6) is 2.74. The van der Waals surface area contributed by atoms with Crippen LogP contribution < -0.4 is 0 Å². The third-order valence-electron chi connectivity index (χ3n) is 6.30. The average Bonchev–Trinajstić information content (AvgIpc) is 3.11. The number of hydrogen-bond acceptors (Lipinski definition) is 7. The molecule has 4 bridgehead atoms. The van der Waals surface area contributed by atoms with Crippen LogP contribution in [0, 0.1) is 24.7 Å². The smallest absolute Gasteiger partial charge is 0.250 e. The molecule has 9 heteroatoms. The van der Waals surface area contributed by atoms with Crippen molar-refractivity contribution in [3.8, 4) is 10.7 Å². The number of nitrogens with zero attached hydrogens (tertiary/aromatic N) is 5. The van der Waals surface area contributed by atoms with Crippen molar-refractivity contribution in [3.63, 3.8) is 0 Å². The molecule has 4 saturated carbocycles. The van der Waals surface area contributed by atoms with E-state index in [4.69, 9.17) is 0 Å². The fourth-order valence-electron chi connectivity index (χ4n) is 5.86. The lowest BCUT2D eigenvalue weighted by molar-refractivity contribution is -0.0467. The predicted molar refractivity (Wildman–Crippen MR) is 92.9 cm³/mol. The Bertz CT molecular complexity index is 910. The van der Waals surface area contributed by atoms with Gasteiger partial charge >= 0.3 is 0 Å². The van der Waals surface area contributed by atoms with Crippen molar-refractivity contribution in [2.24, 2.45) is 17.8 Å². The Hall–Kier alpha value is -1.35. The van der Waals surface area contributed by atoms with Gasteiger partial charge in [-0.05, 0) is 74.7 Å². The van der Waals surface area contributed by atoms with Crippen LogP contribution in [0.2, 0.25) is 0 Å². The number of hydrogen-bond donors (Lipinski definition) is 0. The van der Waals surface area contributed by atoms with Gasteiger partial charge in [-0.15, -0.1) is 15.3 Å². The van der Waals surface area contributed by atoms with Crippen LogP contribution in [0.15, 0.2) is 5.16 Å². The standard InChI is InChI=1S/C16H21N5O2S2/c1-9-13(24-20-17-9)14-18-19-15(25(2,22)23)21(14)16-6-10-3-11(7-16)5-12(4-10)8-16/h10-12H,3-8H2,1-2H3. The third kappa shape index (κ3) is 2.31. The fourth-order valence-corrected chi connectivity index (χ4v) is 7.29. The molecule has 4 aliphatic rings. The Morgan fingerprint density at radius 2 is 1.64 bits per heavy atom. The fraction of sp³-hybridized carbons (Fsp3) is 0.750. The summed E-state index contributed by atoms with van der Waals surface area (Å²) >= 11 is 1.27. The molecule has 2 aromatic rings. The maximum Gasteiger partial charge on any atom is 0.250 e. The van der Waals surface area contributed by atoms with Crippen molar-refractivity contribution in [3.05, 3.63) is 5.69 Å². The van der Waals surface area contributed by atoms with Gasteiger partial charge in [0.15, 0.2) is 5.82 Å². The molecule has 4 fully saturated rings. The Morgan fingerprint density at radius 3 is 2.12 bits per heavy atom. The second-order valence-corrected chi connectivity index (χ2v) is 10.9. The van der Waals surface area contributed by atoms with E-state index < -0.39 is 9.84 Å². The molecule has 0 radical (unpaired) electrons. The highest BCUT2D eigenvalue weighted by atomic mass is 32.2. The zero-order chi connectivity index (χ0) is 17.4. The number of sulfone groups is 1. The molecule has 0 unspecified atom stereocenters. The summed E-state index contributed by atoms with van der Waals surface area (Å²) in [6.07, 6.45) is 8.24. The molecule has 0 amide bonds. The lowest BCUT2D eigenvalue weighted by atomic mass is 9.53. The molecular weight excluding hydrogens is 358 g/mol. The zero-order valence-electron chi connectivity index (χ0n) is 14.3. The normalized spacial score (nSPS) is 33.9. The molecule has 134 valence electrons. The first-order chi connectivity index (χ1) is 11.9. The van der Waals surface area contributed by atoms with E-state index in [0.29, 0.717) is 23.6 Å². The van der Waals surface area contributed by atoms with Gasteiger partial charge in [0.2, 0.25) is 15.0 Å². The predicted octanol–water partition coefficient (Wildman–Crippen LogP) is 2.43. The minimum atomic E-state index is -3.46. The summed E-state index contributed by atoms with van der Waals surface area (Å²) in [7, 11) is -3.46. The molecule has 2 heterocycles. The quantitative estimate of drug-likeness (QED) is 0.813. The molecule has 0 spiro atoms. The summed E-state index contributed by atoms with van der Waals surface area (Å²) in [5, 5.41) is 12.6. The topological polar surface area (TPSA) is 90.6 Å². The Morgan fingerprint density at radius 1 is 1.04 bits per heavy atom. The van der Waals surface area contributed by atoms with Gasteiger partial charge in [-0.25, -0.2) is 8.42 Å². The average molecular weight is 380 g/mol. The Kier molecular flexibility index (Phi) is 3.23. The van der Waals surface area contributed by atoms with Crippen LogP contribution in [0.25, 0.3) is 10.7 Å². The van der Waals surface area contributed by atoms with E-state index in [0.717, 1.165) is 29.8 Å². The zero-order valence-corrected chi connectivity index (χ0v) is 16.0. The summed E-state index contributed by atoms with van der Waals surface area (Å²) in [4.78, 5) is 0.832. The van der Waals surface area contributed by atoms with Gasteiger partial charge in [-0.3, -0.25) is 4.57 Å². The third-order valence-corrected chi connectivity index (χ3v) is 8.05. The van der Waals surface area contributed by atoms with E-state index >= 15 is 0 Å². The maximum absolute atomic E-state index is 12.5. The van der Waals surface area contributed by atoms with Crippen molar-refractivity contribution in [2.45, 2.75) is 56.1 Å². The molecule has 4 aliphatic carbocycles. The van der Waals surface area contributed by atoms with E-state index in [2.05, 4.69) is 19.8 Å². The van der Waals surface area contributed by atoms with Gasteiger partial charge in [0.05, 0.1) is 5.69 Å². The highest BCUT2D eigenvalue weighted by Gasteiger charge is 2.54. The second kappa shape index (κ2) is 5.09. The molecule has 7 nitrogen and oxygen atoms in total. The largest absolute Gasteiger partial charge is 0.291 e. The molecule has 0 aromatic carbocycles. The van der Waals surface area contributed by atoms with E-state index in [-0.39, 0.29) is 10.7 Å². The second-order valence-electron chi connectivity index (χ2n) is 8.24. The van der Waals surface area contributed by atoms with E-state index in [1.54, 1.807) is 0 Å². The van der Waals surface area contributed by atoms with E-state index in [1.165, 1.54) is 37.1 Å². The number of rotatable bonds is 3. The number of aryl methyl sites for hydroxylation is 1. The summed E-state index contributed by atoms with van der Waals surface area (Å²) in [5.41, 5.74) is 0.617. The van der Waals surface area contributed by atoms with Crippen molar-refractivity contribution in [2.75, 3.05) is 6.26 Å². The van der Waals surface area contributed by atoms with Gasteiger partial charge in [0, 0.05) is 11.8 Å². The number of aromatic nitrogens is 5.